The molecule has 0 aromatic heterocycles. The second-order valence-corrected chi connectivity index (χ2v) is 3.31. The molecule has 0 heterocycles. The number of nitrogens with zero attached hydrogens (tertiary/aromatic N) is 1. The van der Waals surface area contributed by atoms with Crippen molar-refractivity contribution in [2.75, 3.05) is 25.5 Å². The molecule has 0 radical (unpaired) electrons. The number of nitrogens with one attached hydrogen (secondary N) is 2. The smallest absolute Gasteiger partial charge is 0.292 e. The Morgan fingerprint density at radius 3 is 2.73 bits per heavy atom. The van der Waals surface area contributed by atoms with Crippen molar-refractivity contribution in [3.63, 3.8) is 0 Å². The molecule has 5 heteroatoms. The van der Waals surface area contributed by atoms with Gasteiger partial charge in [0.15, 0.2) is 0 Å². The van der Waals surface area contributed by atoms with Crippen LogP contribution in [-0.4, -0.2) is 25.1 Å². The summed E-state index contributed by atoms with van der Waals surface area (Å²) in [5.41, 5.74) is 1.59. The first-order valence-electron chi connectivity index (χ1n) is 4.78. The third kappa shape index (κ3) is 3.21. The number of aryl methyl sites for hydroxylation is 1. The molecule has 0 bridgehead atoms. The molecule has 0 spiro atoms. The SMILES string of the molecule is CNCCNc1ccc(C)cc1[N+](=O)[O-]. The Bertz CT molecular complexity index is 353. The predicted molar refractivity (Wildman–Crippen MR) is 60.2 cm³/mol. The van der Waals surface area contributed by atoms with Crippen LogP contribution >= 0.6 is 0 Å². The lowest BCUT2D eigenvalue weighted by Crippen LogP contribution is -2.18. The summed E-state index contributed by atoms with van der Waals surface area (Å²) >= 11 is 0. The summed E-state index contributed by atoms with van der Waals surface area (Å²) in [6.07, 6.45) is 0. The molecule has 0 aliphatic carbocycles. The number of anilines is 1. The van der Waals surface area contributed by atoms with Gasteiger partial charge in [0.1, 0.15) is 5.69 Å². The average Bonchev–Trinajstić information content (AvgIpc) is 2.20. The first-order chi connectivity index (χ1) is 7.15. The summed E-state index contributed by atoms with van der Waals surface area (Å²) in [6.45, 7) is 3.27. The monoisotopic (exact) mass is 209 g/mol. The van der Waals surface area contributed by atoms with Gasteiger partial charge in [-0.2, -0.15) is 0 Å². The van der Waals surface area contributed by atoms with Gasteiger partial charge >= 0.3 is 0 Å². The zero-order valence-electron chi connectivity index (χ0n) is 8.91. The third-order valence-corrected chi connectivity index (χ3v) is 2.04. The molecule has 5 nitrogen and oxygen atoms in total. The van der Waals surface area contributed by atoms with E-state index in [-0.39, 0.29) is 10.6 Å². The largest absolute Gasteiger partial charge is 0.378 e. The second-order valence-electron chi connectivity index (χ2n) is 3.31. The van der Waals surface area contributed by atoms with E-state index in [1.54, 1.807) is 12.1 Å². The Hall–Kier alpha value is -1.62. The van der Waals surface area contributed by atoms with Crippen LogP contribution in [0.4, 0.5) is 11.4 Å². The van der Waals surface area contributed by atoms with Gasteiger partial charge in [-0.1, -0.05) is 6.07 Å². The number of hydrogen-bond donors (Lipinski definition) is 2. The molecule has 0 saturated carbocycles. The van der Waals surface area contributed by atoms with Crippen molar-refractivity contribution in [3.8, 4) is 0 Å². The molecule has 0 fully saturated rings. The minimum atomic E-state index is -0.366. The van der Waals surface area contributed by atoms with Gasteiger partial charge in [0.05, 0.1) is 4.92 Å². The second kappa shape index (κ2) is 5.31. The standard InChI is InChI=1S/C10H15N3O2/c1-8-3-4-9(12-6-5-11-2)10(7-8)13(14)15/h3-4,7,11-12H,5-6H2,1-2H3. The topological polar surface area (TPSA) is 67.2 Å². The van der Waals surface area contributed by atoms with Crippen LogP contribution in [0.15, 0.2) is 18.2 Å². The van der Waals surface area contributed by atoms with E-state index < -0.39 is 0 Å². The van der Waals surface area contributed by atoms with Crippen LogP contribution in [0.1, 0.15) is 5.56 Å². The van der Waals surface area contributed by atoms with Crippen LogP contribution in [0.25, 0.3) is 0 Å². The summed E-state index contributed by atoms with van der Waals surface area (Å²) < 4.78 is 0. The summed E-state index contributed by atoms with van der Waals surface area (Å²) in [5.74, 6) is 0. The third-order valence-electron chi connectivity index (χ3n) is 2.04. The minimum absolute atomic E-state index is 0.131. The number of nitro groups is 1. The summed E-state index contributed by atoms with van der Waals surface area (Å²) in [5, 5.41) is 16.7. The lowest BCUT2D eigenvalue weighted by Gasteiger charge is -2.06. The lowest BCUT2D eigenvalue weighted by molar-refractivity contribution is -0.384. The van der Waals surface area contributed by atoms with Crippen molar-refractivity contribution in [1.82, 2.24) is 5.32 Å². The van der Waals surface area contributed by atoms with Crippen molar-refractivity contribution in [1.29, 1.82) is 0 Å². The van der Waals surface area contributed by atoms with E-state index in [1.165, 1.54) is 0 Å². The average molecular weight is 209 g/mol. The van der Waals surface area contributed by atoms with Gasteiger partial charge in [0.25, 0.3) is 5.69 Å². The number of nitro benzene ring substituents is 1. The summed E-state index contributed by atoms with van der Waals surface area (Å²) in [4.78, 5) is 10.4. The van der Waals surface area contributed by atoms with Gasteiger partial charge in [-0.3, -0.25) is 10.1 Å². The van der Waals surface area contributed by atoms with E-state index in [9.17, 15) is 10.1 Å². The zero-order chi connectivity index (χ0) is 11.3. The van der Waals surface area contributed by atoms with Crippen LogP contribution in [-0.2, 0) is 0 Å². The molecule has 0 unspecified atom stereocenters. The molecular formula is C10H15N3O2. The van der Waals surface area contributed by atoms with Crippen molar-refractivity contribution in [3.05, 3.63) is 33.9 Å². The molecule has 0 saturated heterocycles. The molecule has 0 amide bonds. The van der Waals surface area contributed by atoms with Gasteiger partial charge in [0.2, 0.25) is 0 Å². The Kier molecular flexibility index (Phi) is 4.05. The molecule has 1 rings (SSSR count). The van der Waals surface area contributed by atoms with E-state index in [2.05, 4.69) is 10.6 Å². The molecule has 0 atom stereocenters. The molecular weight excluding hydrogens is 194 g/mol. The Balaban J connectivity index is 2.81. The molecule has 0 aliphatic heterocycles. The molecule has 2 N–H and O–H groups in total. The fourth-order valence-electron chi connectivity index (χ4n) is 1.26. The normalized spacial score (nSPS) is 10.0. The van der Waals surface area contributed by atoms with Crippen LogP contribution < -0.4 is 10.6 Å². The van der Waals surface area contributed by atoms with E-state index in [4.69, 9.17) is 0 Å². The minimum Gasteiger partial charge on any atom is -0.378 e. The van der Waals surface area contributed by atoms with Crippen molar-refractivity contribution >= 4 is 11.4 Å². The fraction of sp³-hybridized carbons (Fsp3) is 0.400. The van der Waals surface area contributed by atoms with Crippen LogP contribution in [0.2, 0.25) is 0 Å². The molecule has 1 aromatic carbocycles. The van der Waals surface area contributed by atoms with Gasteiger partial charge in [0, 0.05) is 19.2 Å². The Labute approximate surface area is 88.6 Å². The van der Waals surface area contributed by atoms with E-state index in [0.29, 0.717) is 12.2 Å². The highest BCUT2D eigenvalue weighted by Gasteiger charge is 2.12. The maximum absolute atomic E-state index is 10.8. The highest BCUT2D eigenvalue weighted by atomic mass is 16.6. The summed E-state index contributed by atoms with van der Waals surface area (Å²) in [6, 6.07) is 5.17. The lowest BCUT2D eigenvalue weighted by atomic mass is 10.2. The van der Waals surface area contributed by atoms with E-state index in [1.807, 2.05) is 20.0 Å². The van der Waals surface area contributed by atoms with Gasteiger partial charge in [-0.05, 0) is 25.6 Å². The number of rotatable bonds is 5. The maximum atomic E-state index is 10.8. The molecule has 82 valence electrons. The van der Waals surface area contributed by atoms with Crippen molar-refractivity contribution < 1.29 is 4.92 Å². The maximum Gasteiger partial charge on any atom is 0.292 e. The Morgan fingerprint density at radius 1 is 1.40 bits per heavy atom. The van der Waals surface area contributed by atoms with E-state index >= 15 is 0 Å². The van der Waals surface area contributed by atoms with Gasteiger partial charge in [-0.25, -0.2) is 0 Å². The van der Waals surface area contributed by atoms with Crippen LogP contribution in [0, 0.1) is 17.0 Å². The van der Waals surface area contributed by atoms with Crippen LogP contribution in [0.5, 0.6) is 0 Å². The molecule has 15 heavy (non-hydrogen) atoms. The summed E-state index contributed by atoms with van der Waals surface area (Å²) in [7, 11) is 1.84. The first kappa shape index (κ1) is 11.5. The predicted octanol–water partition coefficient (Wildman–Crippen LogP) is 1.53. The zero-order valence-corrected chi connectivity index (χ0v) is 8.91. The molecule has 1 aromatic rings. The first-order valence-corrected chi connectivity index (χ1v) is 4.78. The quantitative estimate of drug-likeness (QED) is 0.438. The number of likely N-dealkylation sites (N-methyl/N-ethyl adjacent to an activating group) is 1. The fourth-order valence-corrected chi connectivity index (χ4v) is 1.26. The molecule has 0 aliphatic rings. The van der Waals surface area contributed by atoms with E-state index in [0.717, 1.165) is 12.1 Å². The van der Waals surface area contributed by atoms with Crippen molar-refractivity contribution in [2.45, 2.75) is 6.92 Å². The highest BCUT2D eigenvalue weighted by molar-refractivity contribution is 5.62. The van der Waals surface area contributed by atoms with Gasteiger partial charge in [-0.15, -0.1) is 0 Å². The van der Waals surface area contributed by atoms with Crippen LogP contribution in [0.3, 0.4) is 0 Å². The number of hydrogen-bond acceptors (Lipinski definition) is 4. The Morgan fingerprint density at radius 2 is 2.13 bits per heavy atom. The number of benzene rings is 1. The van der Waals surface area contributed by atoms with Gasteiger partial charge < -0.3 is 10.6 Å². The highest BCUT2D eigenvalue weighted by Crippen LogP contribution is 2.24. The van der Waals surface area contributed by atoms with Crippen molar-refractivity contribution in [2.24, 2.45) is 0 Å².